The lowest BCUT2D eigenvalue weighted by molar-refractivity contribution is 0.148. The second-order valence-electron chi connectivity index (χ2n) is 4.12. The van der Waals surface area contributed by atoms with Crippen LogP contribution in [0.1, 0.15) is 6.42 Å². The van der Waals surface area contributed by atoms with Crippen molar-refractivity contribution in [1.29, 1.82) is 0 Å². The molecule has 0 spiro atoms. The molecule has 6 nitrogen and oxygen atoms in total. The molecule has 1 fully saturated rings. The minimum atomic E-state index is -3.55. The van der Waals surface area contributed by atoms with Gasteiger partial charge in [0.05, 0.1) is 11.6 Å². The molecule has 0 amide bonds. The number of nitrogens with one attached hydrogen (secondary N) is 1. The quantitative estimate of drug-likeness (QED) is 0.908. The average molecular weight is 306 g/mol. The van der Waals surface area contributed by atoms with Gasteiger partial charge in [0.1, 0.15) is 10.7 Å². The van der Waals surface area contributed by atoms with Crippen molar-refractivity contribution in [2.45, 2.75) is 11.3 Å². The van der Waals surface area contributed by atoms with Crippen LogP contribution < -0.4 is 5.32 Å². The van der Waals surface area contributed by atoms with E-state index in [4.69, 9.17) is 16.3 Å². The van der Waals surface area contributed by atoms with E-state index in [0.717, 1.165) is 0 Å². The molecule has 1 aliphatic rings. The van der Waals surface area contributed by atoms with Crippen molar-refractivity contribution < 1.29 is 13.2 Å². The second kappa shape index (κ2) is 6.04. The molecule has 2 heterocycles. The molecule has 19 heavy (non-hydrogen) atoms. The van der Waals surface area contributed by atoms with Crippen LogP contribution in [0.5, 0.6) is 0 Å². The van der Waals surface area contributed by atoms with Gasteiger partial charge in [0.15, 0.2) is 0 Å². The third-order valence-electron chi connectivity index (χ3n) is 2.87. The Morgan fingerprint density at radius 1 is 1.42 bits per heavy atom. The summed E-state index contributed by atoms with van der Waals surface area (Å²) in [5.41, 5.74) is 0. The molecule has 1 saturated heterocycles. The molecule has 0 bridgehead atoms. The van der Waals surface area contributed by atoms with Gasteiger partial charge in [0, 0.05) is 32.9 Å². The molecule has 1 aliphatic heterocycles. The van der Waals surface area contributed by atoms with Crippen molar-refractivity contribution in [2.75, 3.05) is 38.7 Å². The highest BCUT2D eigenvalue weighted by molar-refractivity contribution is 7.89. The molecule has 0 radical (unpaired) electrons. The van der Waals surface area contributed by atoms with E-state index >= 15 is 0 Å². The first-order valence-corrected chi connectivity index (χ1v) is 7.78. The number of pyridine rings is 1. The first kappa shape index (κ1) is 14.5. The number of sulfonamides is 1. The summed E-state index contributed by atoms with van der Waals surface area (Å²) >= 11 is 5.97. The van der Waals surface area contributed by atoms with E-state index in [1.165, 1.54) is 16.6 Å². The fraction of sp³-hybridized carbons (Fsp3) is 0.545. The molecule has 1 N–H and O–H groups in total. The Kier molecular flexibility index (Phi) is 4.62. The van der Waals surface area contributed by atoms with Gasteiger partial charge in [-0.1, -0.05) is 11.6 Å². The van der Waals surface area contributed by atoms with E-state index in [1.54, 1.807) is 7.05 Å². The number of rotatable bonds is 3. The summed E-state index contributed by atoms with van der Waals surface area (Å²) in [6.45, 7) is 1.81. The van der Waals surface area contributed by atoms with Crippen molar-refractivity contribution in [3.05, 3.63) is 17.3 Å². The third kappa shape index (κ3) is 3.17. The van der Waals surface area contributed by atoms with Crippen LogP contribution in [0.3, 0.4) is 0 Å². The van der Waals surface area contributed by atoms with Gasteiger partial charge in [-0.15, -0.1) is 0 Å². The minimum absolute atomic E-state index is 0.110. The number of nitrogens with zero attached hydrogens (tertiary/aromatic N) is 2. The lowest BCUT2D eigenvalue weighted by Crippen LogP contribution is -2.33. The zero-order chi connectivity index (χ0) is 13.9. The fourth-order valence-electron chi connectivity index (χ4n) is 1.86. The van der Waals surface area contributed by atoms with Crippen LogP contribution in [0.25, 0.3) is 0 Å². The average Bonchev–Trinajstić information content (AvgIpc) is 2.67. The first-order chi connectivity index (χ1) is 9.05. The smallest absolute Gasteiger partial charge is 0.244 e. The molecular formula is C11H16ClN3O3S. The molecule has 106 valence electrons. The standard InChI is InChI=1S/C11H16ClN3O3S/c1-13-11-10(12)7-9(8-14-11)19(16,17)15-3-2-5-18-6-4-15/h7-8H,2-6H2,1H3,(H,13,14). The topological polar surface area (TPSA) is 71.5 Å². The van der Waals surface area contributed by atoms with Gasteiger partial charge in [-0.05, 0) is 12.5 Å². The summed E-state index contributed by atoms with van der Waals surface area (Å²) in [6, 6.07) is 1.42. The Morgan fingerprint density at radius 2 is 2.21 bits per heavy atom. The van der Waals surface area contributed by atoms with Crippen LogP contribution >= 0.6 is 11.6 Å². The van der Waals surface area contributed by atoms with Crippen molar-refractivity contribution in [1.82, 2.24) is 9.29 Å². The maximum Gasteiger partial charge on any atom is 0.244 e. The Labute approximate surface area is 117 Å². The van der Waals surface area contributed by atoms with Gasteiger partial charge < -0.3 is 10.1 Å². The number of halogens is 1. The molecule has 1 aromatic heterocycles. The van der Waals surface area contributed by atoms with Crippen molar-refractivity contribution >= 4 is 27.4 Å². The Balaban J connectivity index is 2.30. The number of anilines is 1. The SMILES string of the molecule is CNc1ncc(S(=O)(=O)N2CCCOCC2)cc1Cl. The van der Waals surface area contributed by atoms with Gasteiger partial charge in [0.25, 0.3) is 0 Å². The van der Waals surface area contributed by atoms with Crippen molar-refractivity contribution in [3.63, 3.8) is 0 Å². The van der Waals surface area contributed by atoms with E-state index < -0.39 is 10.0 Å². The normalized spacial score (nSPS) is 18.0. The number of hydrogen-bond donors (Lipinski definition) is 1. The third-order valence-corrected chi connectivity index (χ3v) is 5.02. The number of aromatic nitrogens is 1. The summed E-state index contributed by atoms with van der Waals surface area (Å²) in [5, 5.41) is 3.08. The van der Waals surface area contributed by atoms with E-state index in [2.05, 4.69) is 10.3 Å². The first-order valence-electron chi connectivity index (χ1n) is 5.97. The summed E-state index contributed by atoms with van der Waals surface area (Å²) in [4.78, 5) is 4.11. The number of ether oxygens (including phenoxy) is 1. The van der Waals surface area contributed by atoms with E-state index in [1.807, 2.05) is 0 Å². The van der Waals surface area contributed by atoms with Gasteiger partial charge in [-0.2, -0.15) is 4.31 Å². The van der Waals surface area contributed by atoms with Crippen LogP contribution in [0.2, 0.25) is 5.02 Å². The maximum absolute atomic E-state index is 12.4. The highest BCUT2D eigenvalue weighted by Gasteiger charge is 2.26. The lowest BCUT2D eigenvalue weighted by atomic mass is 10.4. The monoisotopic (exact) mass is 305 g/mol. The molecule has 0 saturated carbocycles. The minimum Gasteiger partial charge on any atom is -0.380 e. The van der Waals surface area contributed by atoms with Crippen LogP contribution in [0, 0.1) is 0 Å². The highest BCUT2D eigenvalue weighted by atomic mass is 35.5. The largest absolute Gasteiger partial charge is 0.380 e. The molecule has 0 aromatic carbocycles. The van der Waals surface area contributed by atoms with E-state index in [-0.39, 0.29) is 9.92 Å². The van der Waals surface area contributed by atoms with Gasteiger partial charge in [-0.3, -0.25) is 0 Å². The van der Waals surface area contributed by atoms with Crippen LogP contribution in [-0.4, -0.2) is 51.1 Å². The molecule has 0 atom stereocenters. The summed E-state index contributed by atoms with van der Waals surface area (Å²) < 4.78 is 31.6. The predicted molar refractivity (Wildman–Crippen MR) is 73.0 cm³/mol. The van der Waals surface area contributed by atoms with E-state index in [0.29, 0.717) is 38.5 Å². The second-order valence-corrected chi connectivity index (χ2v) is 6.47. The lowest BCUT2D eigenvalue weighted by Gasteiger charge is -2.19. The molecule has 2 rings (SSSR count). The van der Waals surface area contributed by atoms with Gasteiger partial charge in [0.2, 0.25) is 10.0 Å². The molecule has 1 aromatic rings. The highest BCUT2D eigenvalue weighted by Crippen LogP contribution is 2.24. The summed E-state index contributed by atoms with van der Waals surface area (Å²) in [5.74, 6) is 0.458. The molecule has 0 unspecified atom stereocenters. The molecular weight excluding hydrogens is 290 g/mol. The molecule has 8 heteroatoms. The van der Waals surface area contributed by atoms with Gasteiger partial charge >= 0.3 is 0 Å². The van der Waals surface area contributed by atoms with Crippen molar-refractivity contribution in [2.24, 2.45) is 0 Å². The predicted octanol–water partition coefficient (Wildman–Crippen LogP) is 1.19. The van der Waals surface area contributed by atoms with E-state index in [9.17, 15) is 8.42 Å². The Morgan fingerprint density at radius 3 is 2.89 bits per heavy atom. The summed E-state index contributed by atoms with van der Waals surface area (Å²) in [7, 11) is -1.88. The Hall–Kier alpha value is -0.890. The van der Waals surface area contributed by atoms with Crippen molar-refractivity contribution in [3.8, 4) is 0 Å². The zero-order valence-electron chi connectivity index (χ0n) is 10.6. The van der Waals surface area contributed by atoms with Crippen LogP contribution in [0.4, 0.5) is 5.82 Å². The number of hydrogen-bond acceptors (Lipinski definition) is 5. The Bertz CT molecular complexity index is 542. The fourth-order valence-corrected chi connectivity index (χ4v) is 3.62. The maximum atomic E-state index is 12.4. The van der Waals surface area contributed by atoms with Crippen LogP contribution in [-0.2, 0) is 14.8 Å². The summed E-state index contributed by atoms with van der Waals surface area (Å²) in [6.07, 6.45) is 2.01. The van der Waals surface area contributed by atoms with Crippen LogP contribution in [0.15, 0.2) is 17.2 Å². The molecule has 0 aliphatic carbocycles. The van der Waals surface area contributed by atoms with Gasteiger partial charge in [-0.25, -0.2) is 13.4 Å². The zero-order valence-corrected chi connectivity index (χ0v) is 12.2.